The molecule has 1 aliphatic rings. The Morgan fingerprint density at radius 2 is 2.00 bits per heavy atom. The normalized spacial score (nSPS) is 14.2. The van der Waals surface area contributed by atoms with E-state index in [2.05, 4.69) is 28.7 Å². The molecule has 0 atom stereocenters. The summed E-state index contributed by atoms with van der Waals surface area (Å²) in [5.41, 5.74) is 2.81. The summed E-state index contributed by atoms with van der Waals surface area (Å²) in [6.07, 6.45) is 1.25. The molecular formula is C16H12ClFINO. The Bertz CT molecular complexity index is 719. The van der Waals surface area contributed by atoms with E-state index in [1.54, 1.807) is 11.0 Å². The van der Waals surface area contributed by atoms with Crippen LogP contribution < -0.4 is 4.90 Å². The molecular weight excluding hydrogens is 404 g/mol. The second-order valence-electron chi connectivity index (χ2n) is 5.00. The van der Waals surface area contributed by atoms with E-state index in [1.165, 1.54) is 12.1 Å². The zero-order valence-electron chi connectivity index (χ0n) is 11.1. The first kappa shape index (κ1) is 14.8. The minimum absolute atomic E-state index is 0.0686. The van der Waals surface area contributed by atoms with Crippen LogP contribution in [-0.2, 0) is 17.8 Å². The molecule has 0 spiro atoms. The van der Waals surface area contributed by atoms with Crippen molar-refractivity contribution in [3.05, 3.63) is 61.9 Å². The van der Waals surface area contributed by atoms with Crippen LogP contribution in [0.15, 0.2) is 36.4 Å². The molecule has 0 aliphatic carbocycles. The van der Waals surface area contributed by atoms with Gasteiger partial charge in [-0.3, -0.25) is 4.79 Å². The van der Waals surface area contributed by atoms with Crippen LogP contribution in [0.4, 0.5) is 10.1 Å². The number of hydrogen-bond donors (Lipinski definition) is 0. The van der Waals surface area contributed by atoms with Crippen LogP contribution in [0.1, 0.15) is 17.5 Å². The number of hydrogen-bond acceptors (Lipinski definition) is 1. The van der Waals surface area contributed by atoms with E-state index in [4.69, 9.17) is 11.6 Å². The van der Waals surface area contributed by atoms with Gasteiger partial charge in [-0.05, 0) is 70.5 Å². The van der Waals surface area contributed by atoms with Crippen molar-refractivity contribution >= 4 is 45.8 Å². The number of amides is 1. The first-order chi connectivity index (χ1) is 10.0. The maximum absolute atomic E-state index is 13.5. The topological polar surface area (TPSA) is 20.3 Å². The maximum Gasteiger partial charge on any atom is 0.227 e. The molecule has 0 saturated heterocycles. The van der Waals surface area contributed by atoms with E-state index >= 15 is 0 Å². The van der Waals surface area contributed by atoms with Crippen molar-refractivity contribution in [3.63, 3.8) is 0 Å². The molecule has 0 unspecified atom stereocenters. The Morgan fingerprint density at radius 1 is 1.19 bits per heavy atom. The van der Waals surface area contributed by atoms with E-state index in [0.29, 0.717) is 13.0 Å². The number of rotatable bonds is 2. The third-order valence-electron chi connectivity index (χ3n) is 3.57. The molecule has 0 radical (unpaired) electrons. The molecule has 108 valence electrons. The lowest BCUT2D eigenvalue weighted by molar-refractivity contribution is -0.119. The summed E-state index contributed by atoms with van der Waals surface area (Å²) in [5.74, 6) is -0.388. The third-order valence-corrected chi connectivity index (χ3v) is 4.54. The van der Waals surface area contributed by atoms with Crippen LogP contribution >= 0.6 is 34.2 Å². The summed E-state index contributed by atoms with van der Waals surface area (Å²) in [4.78, 5) is 13.9. The second-order valence-corrected chi connectivity index (χ2v) is 6.65. The van der Waals surface area contributed by atoms with Gasteiger partial charge in [0.05, 0.1) is 11.6 Å². The molecule has 0 saturated carbocycles. The number of nitrogens with zero attached hydrogens (tertiary/aromatic N) is 1. The van der Waals surface area contributed by atoms with Gasteiger partial charge in [-0.25, -0.2) is 4.39 Å². The quantitative estimate of drug-likeness (QED) is 0.658. The fraction of sp³-hybridized carbons (Fsp3) is 0.188. The smallest absolute Gasteiger partial charge is 0.227 e. The van der Waals surface area contributed by atoms with Gasteiger partial charge in [-0.1, -0.05) is 17.7 Å². The monoisotopic (exact) mass is 415 g/mol. The minimum atomic E-state index is -0.457. The van der Waals surface area contributed by atoms with Crippen molar-refractivity contribution < 1.29 is 9.18 Å². The molecule has 3 rings (SSSR count). The van der Waals surface area contributed by atoms with Crippen LogP contribution in [0.5, 0.6) is 0 Å². The van der Waals surface area contributed by atoms with Crippen molar-refractivity contribution in [1.29, 1.82) is 0 Å². The molecule has 0 N–H and O–H groups in total. The van der Waals surface area contributed by atoms with Crippen molar-refractivity contribution in [3.8, 4) is 0 Å². The van der Waals surface area contributed by atoms with E-state index in [9.17, 15) is 9.18 Å². The zero-order valence-corrected chi connectivity index (χ0v) is 14.0. The van der Waals surface area contributed by atoms with Crippen LogP contribution in [0.25, 0.3) is 0 Å². The van der Waals surface area contributed by atoms with Crippen molar-refractivity contribution in [2.24, 2.45) is 0 Å². The summed E-state index contributed by atoms with van der Waals surface area (Å²) >= 11 is 7.96. The van der Waals surface area contributed by atoms with Crippen molar-refractivity contribution in [1.82, 2.24) is 0 Å². The van der Waals surface area contributed by atoms with E-state index in [0.717, 1.165) is 26.8 Å². The summed E-state index contributed by atoms with van der Waals surface area (Å²) in [7, 11) is 0. The first-order valence-corrected chi connectivity index (χ1v) is 8.03. The molecule has 2 aromatic rings. The van der Waals surface area contributed by atoms with Gasteiger partial charge in [-0.15, -0.1) is 0 Å². The highest BCUT2D eigenvalue weighted by molar-refractivity contribution is 14.1. The van der Waals surface area contributed by atoms with Crippen LogP contribution in [0, 0.1) is 9.39 Å². The minimum Gasteiger partial charge on any atom is -0.308 e. The van der Waals surface area contributed by atoms with Gasteiger partial charge in [-0.2, -0.15) is 0 Å². The molecule has 5 heteroatoms. The average molecular weight is 416 g/mol. The standard InChI is InChI=1S/C16H12ClFINO/c17-13-4-1-10(7-14(13)18)9-20-15-5-3-12(19)8-11(15)2-6-16(20)21/h1,3-5,7-8H,2,6,9H2. The number of benzene rings is 2. The predicted octanol–water partition coefficient (Wildman–Crippen LogP) is 4.56. The van der Waals surface area contributed by atoms with Crippen molar-refractivity contribution in [2.45, 2.75) is 19.4 Å². The summed E-state index contributed by atoms with van der Waals surface area (Å²) < 4.78 is 14.7. The summed E-state index contributed by atoms with van der Waals surface area (Å²) in [5, 5.41) is 0.0960. The Kier molecular flexibility index (Phi) is 4.17. The van der Waals surface area contributed by atoms with Crippen molar-refractivity contribution in [2.75, 3.05) is 4.90 Å². The highest BCUT2D eigenvalue weighted by atomic mass is 127. The number of aryl methyl sites for hydroxylation is 1. The summed E-state index contributed by atoms with van der Waals surface area (Å²) in [6, 6.07) is 10.7. The molecule has 2 aromatic carbocycles. The molecule has 21 heavy (non-hydrogen) atoms. The highest BCUT2D eigenvalue weighted by Crippen LogP contribution is 2.31. The number of anilines is 1. The highest BCUT2D eigenvalue weighted by Gasteiger charge is 2.24. The van der Waals surface area contributed by atoms with Gasteiger partial charge in [0.1, 0.15) is 5.82 Å². The number of halogens is 3. The largest absolute Gasteiger partial charge is 0.308 e. The number of carbonyl (C=O) groups is 1. The van der Waals surface area contributed by atoms with Crippen LogP contribution in [0.2, 0.25) is 5.02 Å². The zero-order chi connectivity index (χ0) is 15.0. The maximum atomic E-state index is 13.5. The molecule has 2 nitrogen and oxygen atoms in total. The molecule has 0 fully saturated rings. The fourth-order valence-electron chi connectivity index (χ4n) is 2.52. The van der Waals surface area contributed by atoms with Gasteiger partial charge in [0, 0.05) is 15.7 Å². The molecule has 1 amide bonds. The molecule has 0 bridgehead atoms. The summed E-state index contributed by atoms with van der Waals surface area (Å²) in [6.45, 7) is 0.362. The van der Waals surface area contributed by atoms with Gasteiger partial charge in [0.25, 0.3) is 0 Å². The van der Waals surface area contributed by atoms with Gasteiger partial charge >= 0.3 is 0 Å². The predicted molar refractivity (Wildman–Crippen MR) is 90.1 cm³/mol. The lowest BCUT2D eigenvalue weighted by Crippen LogP contribution is -2.34. The average Bonchev–Trinajstić information content (AvgIpc) is 2.46. The Hall–Kier alpha value is -1.14. The molecule has 0 aromatic heterocycles. The van der Waals surface area contributed by atoms with Crippen LogP contribution in [-0.4, -0.2) is 5.91 Å². The lowest BCUT2D eigenvalue weighted by Gasteiger charge is -2.29. The van der Waals surface area contributed by atoms with Crippen LogP contribution in [0.3, 0.4) is 0 Å². The van der Waals surface area contributed by atoms with E-state index < -0.39 is 5.82 Å². The van der Waals surface area contributed by atoms with E-state index in [-0.39, 0.29) is 10.9 Å². The number of carbonyl (C=O) groups excluding carboxylic acids is 1. The fourth-order valence-corrected chi connectivity index (χ4v) is 3.20. The lowest BCUT2D eigenvalue weighted by atomic mass is 10.0. The SMILES string of the molecule is O=C1CCc2cc(I)ccc2N1Cc1ccc(Cl)c(F)c1. The van der Waals surface area contributed by atoms with Gasteiger partial charge in [0.15, 0.2) is 0 Å². The Labute approximate surface area is 141 Å². The van der Waals surface area contributed by atoms with E-state index in [1.807, 2.05) is 12.1 Å². The Morgan fingerprint density at radius 3 is 2.76 bits per heavy atom. The van der Waals surface area contributed by atoms with Gasteiger partial charge in [0.2, 0.25) is 5.91 Å². The third kappa shape index (κ3) is 3.06. The second kappa shape index (κ2) is 5.93. The number of fused-ring (bicyclic) bond motifs is 1. The van der Waals surface area contributed by atoms with Gasteiger partial charge < -0.3 is 4.90 Å². The molecule has 1 heterocycles. The first-order valence-electron chi connectivity index (χ1n) is 6.57. The Balaban J connectivity index is 1.94. The molecule has 1 aliphatic heterocycles.